The zero-order valence-corrected chi connectivity index (χ0v) is 13.8. The second-order valence-corrected chi connectivity index (χ2v) is 5.88. The second-order valence-electron chi connectivity index (χ2n) is 4.57. The summed E-state index contributed by atoms with van der Waals surface area (Å²) in [5, 5.41) is 0. The maximum atomic E-state index is 10.8. The van der Waals surface area contributed by atoms with Gasteiger partial charge in [0, 0.05) is 0 Å². The van der Waals surface area contributed by atoms with Gasteiger partial charge >= 0.3 is 0 Å². The van der Waals surface area contributed by atoms with Crippen LogP contribution in [0.25, 0.3) is 0 Å². The van der Waals surface area contributed by atoms with E-state index in [1.807, 2.05) is 0 Å². The predicted octanol–water partition coefficient (Wildman–Crippen LogP) is 1.24. The van der Waals surface area contributed by atoms with Crippen molar-refractivity contribution in [1.82, 2.24) is 0 Å². The van der Waals surface area contributed by atoms with Gasteiger partial charge in [0.25, 0.3) is 7.82 Å². The lowest BCUT2D eigenvalue weighted by Gasteiger charge is -2.26. The van der Waals surface area contributed by atoms with E-state index in [9.17, 15) is 9.46 Å². The predicted molar refractivity (Wildman–Crippen MR) is 72.6 cm³/mol. The summed E-state index contributed by atoms with van der Waals surface area (Å²) in [7, 11) is -4.05. The molecule has 0 aliphatic rings. The molecule has 5 nitrogen and oxygen atoms in total. The summed E-state index contributed by atoms with van der Waals surface area (Å²) < 4.78 is 19.9. The summed E-state index contributed by atoms with van der Waals surface area (Å²) >= 11 is 0. The van der Waals surface area contributed by atoms with Crippen molar-refractivity contribution in [2.75, 3.05) is 19.6 Å². The van der Waals surface area contributed by atoms with E-state index >= 15 is 0 Å². The van der Waals surface area contributed by atoms with Crippen molar-refractivity contribution in [3.05, 3.63) is 0 Å². The van der Waals surface area contributed by atoms with Crippen LogP contribution < -0.4 is 9.79 Å². The Bertz CT molecular complexity index is 211. The zero-order chi connectivity index (χ0) is 14.8. The quantitative estimate of drug-likeness (QED) is 0.714. The van der Waals surface area contributed by atoms with Gasteiger partial charge < -0.3 is 18.8 Å². The van der Waals surface area contributed by atoms with Gasteiger partial charge in [0.1, 0.15) is 0 Å². The first-order valence-corrected chi connectivity index (χ1v) is 8.15. The summed E-state index contributed by atoms with van der Waals surface area (Å²) in [5.74, 6) is 0. The molecule has 18 heavy (non-hydrogen) atoms. The molecule has 0 aliphatic carbocycles. The minimum atomic E-state index is -4.05. The van der Waals surface area contributed by atoms with Gasteiger partial charge in [-0.25, -0.2) is 0 Å². The van der Waals surface area contributed by atoms with Crippen LogP contribution >= 0.6 is 7.82 Å². The Hall–Kier alpha value is 0.0700. The lowest BCUT2D eigenvalue weighted by molar-refractivity contribution is -0.894. The molecular weight excluding hydrogens is 253 g/mol. The van der Waals surface area contributed by atoms with E-state index in [-0.39, 0.29) is 12.2 Å². The largest absolute Gasteiger partial charge is 0.756 e. The van der Waals surface area contributed by atoms with Gasteiger partial charge in [-0.2, -0.15) is 0 Å². The first-order valence-electron chi connectivity index (χ1n) is 6.69. The zero-order valence-electron chi connectivity index (χ0n) is 12.9. The Morgan fingerprint density at radius 1 is 0.944 bits per heavy atom. The Kier molecular flexibility index (Phi) is 12.4. The lowest BCUT2D eigenvalue weighted by Crippen LogP contribution is -3.11. The van der Waals surface area contributed by atoms with Crippen LogP contribution in [-0.4, -0.2) is 31.8 Å². The van der Waals surface area contributed by atoms with Crippen LogP contribution in [-0.2, 0) is 13.6 Å². The van der Waals surface area contributed by atoms with Gasteiger partial charge in [-0.15, -0.1) is 0 Å². The van der Waals surface area contributed by atoms with Crippen molar-refractivity contribution in [1.29, 1.82) is 0 Å². The standard InChI is InChI=1S/C6H15N.C6H15O4P/c1-4-7(5-2)6-3;1-5(2)9-11(7,8)10-6(3)4/h4-6H2,1-3H3;5-6H,1-4H3,(H,7,8). The number of quaternary nitrogens is 1. The molecule has 0 saturated heterocycles. The Balaban J connectivity index is 0. The smallest absolute Gasteiger partial charge is 0.268 e. The van der Waals surface area contributed by atoms with E-state index in [4.69, 9.17) is 0 Å². The number of hydrogen-bond donors (Lipinski definition) is 1. The fourth-order valence-corrected chi connectivity index (χ4v) is 2.37. The first-order chi connectivity index (χ1) is 8.18. The highest BCUT2D eigenvalue weighted by Gasteiger charge is 2.12. The molecule has 0 bridgehead atoms. The Morgan fingerprint density at radius 2 is 1.22 bits per heavy atom. The van der Waals surface area contributed by atoms with Gasteiger partial charge in [0.05, 0.1) is 31.8 Å². The summed E-state index contributed by atoms with van der Waals surface area (Å²) in [6.07, 6.45) is -0.728. The summed E-state index contributed by atoms with van der Waals surface area (Å²) in [6.45, 7) is 17.0. The third-order valence-corrected chi connectivity index (χ3v) is 3.54. The molecule has 0 amide bonds. The van der Waals surface area contributed by atoms with E-state index in [1.165, 1.54) is 19.6 Å². The van der Waals surface area contributed by atoms with E-state index in [1.54, 1.807) is 32.6 Å². The minimum absolute atomic E-state index is 0.364. The minimum Gasteiger partial charge on any atom is -0.756 e. The van der Waals surface area contributed by atoms with Crippen molar-refractivity contribution in [3.63, 3.8) is 0 Å². The van der Waals surface area contributed by atoms with Crippen LogP contribution in [0.15, 0.2) is 0 Å². The van der Waals surface area contributed by atoms with Gasteiger partial charge in [-0.05, 0) is 48.5 Å². The fraction of sp³-hybridized carbons (Fsp3) is 1.00. The lowest BCUT2D eigenvalue weighted by atomic mass is 10.5. The topological polar surface area (TPSA) is 63.0 Å². The molecule has 0 radical (unpaired) electrons. The second kappa shape index (κ2) is 10.9. The number of hydrogen-bond acceptors (Lipinski definition) is 4. The Labute approximate surface area is 112 Å². The maximum absolute atomic E-state index is 10.8. The van der Waals surface area contributed by atoms with E-state index < -0.39 is 7.82 Å². The van der Waals surface area contributed by atoms with Crippen LogP contribution in [0.1, 0.15) is 48.5 Å². The van der Waals surface area contributed by atoms with E-state index in [2.05, 4.69) is 29.8 Å². The van der Waals surface area contributed by atoms with E-state index in [0.717, 1.165) is 0 Å². The maximum Gasteiger partial charge on any atom is 0.268 e. The molecule has 0 atom stereocenters. The van der Waals surface area contributed by atoms with Crippen molar-refractivity contribution >= 4 is 7.82 Å². The SMILES string of the molecule is CC(C)OP(=O)([O-])OC(C)C.CC[NH+](CC)CC. The van der Waals surface area contributed by atoms with Gasteiger partial charge in [-0.1, -0.05) is 0 Å². The molecule has 0 unspecified atom stereocenters. The molecule has 0 aliphatic heterocycles. The van der Waals surface area contributed by atoms with Crippen molar-refractivity contribution in [3.8, 4) is 0 Å². The molecule has 0 aromatic carbocycles. The van der Waals surface area contributed by atoms with Crippen LogP contribution in [0, 0.1) is 0 Å². The molecule has 1 N–H and O–H groups in total. The van der Waals surface area contributed by atoms with Gasteiger partial charge in [-0.3, -0.25) is 4.57 Å². The van der Waals surface area contributed by atoms with Crippen LogP contribution in [0.3, 0.4) is 0 Å². The highest BCUT2D eigenvalue weighted by Crippen LogP contribution is 2.40. The van der Waals surface area contributed by atoms with Crippen LogP contribution in [0.5, 0.6) is 0 Å². The molecule has 0 fully saturated rings. The summed E-state index contributed by atoms with van der Waals surface area (Å²) in [4.78, 5) is 12.5. The Morgan fingerprint density at radius 3 is 1.33 bits per heavy atom. The number of phosphoric ester groups is 1. The first kappa shape index (κ1) is 20.4. The summed E-state index contributed by atoms with van der Waals surface area (Å²) in [6, 6.07) is 0. The van der Waals surface area contributed by atoms with Crippen molar-refractivity contribution in [2.45, 2.75) is 60.7 Å². The molecular formula is C12H30NO4P. The van der Waals surface area contributed by atoms with Crippen LogP contribution in [0.4, 0.5) is 0 Å². The molecule has 112 valence electrons. The average Bonchev–Trinajstić information content (AvgIpc) is 2.16. The monoisotopic (exact) mass is 283 g/mol. The number of nitrogens with one attached hydrogen (secondary N) is 1. The van der Waals surface area contributed by atoms with Crippen molar-refractivity contribution < 1.29 is 23.4 Å². The van der Waals surface area contributed by atoms with Crippen molar-refractivity contribution in [2.24, 2.45) is 0 Å². The molecule has 6 heteroatoms. The van der Waals surface area contributed by atoms with Crippen LogP contribution in [0.2, 0.25) is 0 Å². The van der Waals surface area contributed by atoms with Gasteiger partial charge in [0.2, 0.25) is 0 Å². The highest BCUT2D eigenvalue weighted by molar-refractivity contribution is 7.45. The number of phosphoric acid groups is 1. The molecule has 0 spiro atoms. The summed E-state index contributed by atoms with van der Waals surface area (Å²) in [5.41, 5.74) is 0. The molecule has 0 aromatic rings. The third-order valence-electron chi connectivity index (χ3n) is 2.18. The number of rotatable bonds is 7. The normalized spacial score (nSPS) is 11.9. The third kappa shape index (κ3) is 14.1. The average molecular weight is 283 g/mol. The fourth-order valence-electron chi connectivity index (χ4n) is 1.29. The molecule has 0 rings (SSSR count). The van der Waals surface area contributed by atoms with E-state index in [0.29, 0.717) is 0 Å². The highest BCUT2D eigenvalue weighted by atomic mass is 31.2. The molecule has 0 aromatic heterocycles. The molecule has 0 saturated carbocycles. The molecule has 0 heterocycles. The van der Waals surface area contributed by atoms with Gasteiger partial charge in [0.15, 0.2) is 0 Å².